The van der Waals surface area contributed by atoms with Crippen LogP contribution in [0.5, 0.6) is 17.2 Å². The Morgan fingerprint density at radius 2 is 1.57 bits per heavy atom. The van der Waals surface area contributed by atoms with Crippen molar-refractivity contribution in [1.29, 1.82) is 0 Å². The summed E-state index contributed by atoms with van der Waals surface area (Å²) in [6, 6.07) is 15.7. The van der Waals surface area contributed by atoms with Gasteiger partial charge in [0.15, 0.2) is 11.5 Å². The van der Waals surface area contributed by atoms with E-state index in [0.29, 0.717) is 46.5 Å². The van der Waals surface area contributed by atoms with Crippen molar-refractivity contribution in [2.45, 2.75) is 13.8 Å². The number of benzene rings is 3. The van der Waals surface area contributed by atoms with Crippen LogP contribution in [-0.2, 0) is 9.59 Å². The topological polar surface area (TPSA) is 115 Å². The van der Waals surface area contributed by atoms with Gasteiger partial charge in [0.05, 0.1) is 35.0 Å². The maximum atomic E-state index is 12.6. The van der Waals surface area contributed by atoms with Gasteiger partial charge in [0.2, 0.25) is 0 Å². The molecule has 0 bridgehead atoms. The first-order valence-electron chi connectivity index (χ1n) is 11.1. The third-order valence-corrected chi connectivity index (χ3v) is 5.37. The lowest BCUT2D eigenvalue weighted by Crippen LogP contribution is -2.32. The molecule has 0 saturated carbocycles. The molecule has 11 heteroatoms. The normalized spacial score (nSPS) is 10.6. The Hall–Kier alpha value is -4.08. The molecule has 9 nitrogen and oxygen atoms in total. The number of carbonyl (C=O) groups is 3. The van der Waals surface area contributed by atoms with Gasteiger partial charge in [-0.2, -0.15) is 5.10 Å². The highest BCUT2D eigenvalue weighted by molar-refractivity contribution is 6.43. The molecular formula is C26H23Cl2N3O6. The van der Waals surface area contributed by atoms with Gasteiger partial charge in [0, 0.05) is 5.69 Å². The Bertz CT molecular complexity index is 1310. The predicted octanol–water partition coefficient (Wildman–Crippen LogP) is 5.10. The van der Waals surface area contributed by atoms with Crippen LogP contribution >= 0.6 is 23.2 Å². The van der Waals surface area contributed by atoms with Gasteiger partial charge in [-0.05, 0) is 80.1 Å². The summed E-state index contributed by atoms with van der Waals surface area (Å²) in [4.78, 5) is 36.7. The molecular weight excluding hydrogens is 521 g/mol. The highest BCUT2D eigenvalue weighted by Crippen LogP contribution is 2.29. The van der Waals surface area contributed by atoms with Crippen molar-refractivity contribution >= 4 is 52.9 Å². The molecule has 0 heterocycles. The SMILES string of the molecule is CCOc1ccc(C(=O)Oc2ccc(/C=N/NC(=O)C(=O)Nc3ccc(Cl)c(Cl)c3)cc2OCC)cc1. The number of carbonyl (C=O) groups excluding carboxylic acids is 3. The van der Waals surface area contributed by atoms with E-state index in [1.54, 1.807) is 43.3 Å². The number of hydrogen-bond acceptors (Lipinski definition) is 7. The zero-order valence-corrected chi connectivity index (χ0v) is 21.4. The van der Waals surface area contributed by atoms with Crippen molar-refractivity contribution in [3.8, 4) is 17.2 Å². The fraction of sp³-hybridized carbons (Fsp3) is 0.154. The largest absolute Gasteiger partial charge is 0.494 e. The summed E-state index contributed by atoms with van der Waals surface area (Å²) in [5, 5.41) is 6.73. The van der Waals surface area contributed by atoms with Gasteiger partial charge in [-0.25, -0.2) is 10.2 Å². The summed E-state index contributed by atoms with van der Waals surface area (Å²) >= 11 is 11.7. The number of hydrazone groups is 1. The average Bonchev–Trinajstić information content (AvgIpc) is 2.88. The van der Waals surface area contributed by atoms with E-state index in [2.05, 4.69) is 15.8 Å². The number of anilines is 1. The van der Waals surface area contributed by atoms with Gasteiger partial charge in [-0.1, -0.05) is 23.2 Å². The molecule has 192 valence electrons. The van der Waals surface area contributed by atoms with Crippen molar-refractivity contribution in [2.24, 2.45) is 5.10 Å². The molecule has 0 aromatic heterocycles. The predicted molar refractivity (Wildman–Crippen MR) is 141 cm³/mol. The van der Waals surface area contributed by atoms with E-state index >= 15 is 0 Å². The first-order chi connectivity index (χ1) is 17.8. The number of hydrogen-bond donors (Lipinski definition) is 2. The quantitative estimate of drug-likeness (QED) is 0.127. The number of amides is 2. The van der Waals surface area contributed by atoms with Crippen LogP contribution in [0.4, 0.5) is 5.69 Å². The molecule has 0 spiro atoms. The highest BCUT2D eigenvalue weighted by atomic mass is 35.5. The fourth-order valence-corrected chi connectivity index (χ4v) is 3.25. The first kappa shape index (κ1) is 27.5. The van der Waals surface area contributed by atoms with Gasteiger partial charge in [-0.3, -0.25) is 9.59 Å². The molecule has 3 rings (SSSR count). The molecule has 2 N–H and O–H groups in total. The van der Waals surface area contributed by atoms with Gasteiger partial charge in [-0.15, -0.1) is 0 Å². The van der Waals surface area contributed by atoms with E-state index in [9.17, 15) is 14.4 Å². The number of ether oxygens (including phenoxy) is 3. The Morgan fingerprint density at radius 3 is 2.24 bits per heavy atom. The fourth-order valence-electron chi connectivity index (χ4n) is 2.95. The monoisotopic (exact) mass is 543 g/mol. The van der Waals surface area contributed by atoms with E-state index in [1.807, 2.05) is 6.92 Å². The van der Waals surface area contributed by atoms with Gasteiger partial charge in [0.25, 0.3) is 0 Å². The molecule has 0 aliphatic carbocycles. The van der Waals surface area contributed by atoms with Crippen LogP contribution in [0.2, 0.25) is 10.0 Å². The Balaban J connectivity index is 1.62. The summed E-state index contributed by atoms with van der Waals surface area (Å²) in [6.45, 7) is 4.49. The van der Waals surface area contributed by atoms with Crippen LogP contribution in [0.25, 0.3) is 0 Å². The maximum Gasteiger partial charge on any atom is 0.343 e. The van der Waals surface area contributed by atoms with Crippen LogP contribution in [0.15, 0.2) is 65.8 Å². The minimum absolute atomic E-state index is 0.211. The van der Waals surface area contributed by atoms with Crippen LogP contribution < -0.4 is 25.0 Å². The van der Waals surface area contributed by atoms with Crippen LogP contribution in [0, 0.1) is 0 Å². The zero-order valence-electron chi connectivity index (χ0n) is 19.9. The molecule has 0 atom stereocenters. The molecule has 37 heavy (non-hydrogen) atoms. The van der Waals surface area contributed by atoms with E-state index in [-0.39, 0.29) is 10.8 Å². The summed E-state index contributed by atoms with van der Waals surface area (Å²) in [5.41, 5.74) is 3.30. The van der Waals surface area contributed by atoms with E-state index in [4.69, 9.17) is 37.4 Å². The smallest absolute Gasteiger partial charge is 0.343 e. The summed E-state index contributed by atoms with van der Waals surface area (Å²) in [7, 11) is 0. The molecule has 2 amide bonds. The summed E-state index contributed by atoms with van der Waals surface area (Å²) < 4.78 is 16.5. The molecule has 3 aromatic rings. The van der Waals surface area contributed by atoms with Crippen LogP contribution in [0.1, 0.15) is 29.8 Å². The number of halogens is 2. The lowest BCUT2D eigenvalue weighted by atomic mass is 10.2. The summed E-state index contributed by atoms with van der Waals surface area (Å²) in [6.07, 6.45) is 1.31. The van der Waals surface area contributed by atoms with E-state index in [1.165, 1.54) is 30.5 Å². The summed E-state index contributed by atoms with van der Waals surface area (Å²) in [5.74, 6) is -1.34. The van der Waals surface area contributed by atoms with Crippen molar-refractivity contribution in [3.05, 3.63) is 81.8 Å². The molecule has 0 aliphatic heterocycles. The molecule has 0 fully saturated rings. The highest BCUT2D eigenvalue weighted by Gasteiger charge is 2.15. The molecule has 0 aliphatic rings. The molecule has 0 unspecified atom stereocenters. The molecule has 0 radical (unpaired) electrons. The third kappa shape index (κ3) is 7.96. The lowest BCUT2D eigenvalue weighted by molar-refractivity contribution is -0.136. The lowest BCUT2D eigenvalue weighted by Gasteiger charge is -2.11. The van der Waals surface area contributed by atoms with Crippen molar-refractivity contribution in [3.63, 3.8) is 0 Å². The number of nitrogens with zero attached hydrogens (tertiary/aromatic N) is 1. The Kier molecular flexibility index (Phi) is 9.88. The van der Waals surface area contributed by atoms with Crippen molar-refractivity contribution in [1.82, 2.24) is 5.43 Å². The van der Waals surface area contributed by atoms with Crippen LogP contribution in [0.3, 0.4) is 0 Å². The zero-order chi connectivity index (χ0) is 26.8. The molecule has 0 saturated heterocycles. The van der Waals surface area contributed by atoms with Gasteiger partial charge in [0.1, 0.15) is 5.75 Å². The van der Waals surface area contributed by atoms with Crippen LogP contribution in [-0.4, -0.2) is 37.2 Å². The second kappa shape index (κ2) is 13.3. The Morgan fingerprint density at radius 1 is 0.838 bits per heavy atom. The minimum atomic E-state index is -0.992. The average molecular weight is 544 g/mol. The van der Waals surface area contributed by atoms with Gasteiger partial charge >= 0.3 is 17.8 Å². The number of rotatable bonds is 9. The maximum absolute atomic E-state index is 12.6. The second-order valence-corrected chi connectivity index (χ2v) is 8.08. The minimum Gasteiger partial charge on any atom is -0.494 e. The van der Waals surface area contributed by atoms with E-state index < -0.39 is 17.8 Å². The first-order valence-corrected chi connectivity index (χ1v) is 11.9. The van der Waals surface area contributed by atoms with Crippen molar-refractivity contribution < 1.29 is 28.6 Å². The number of esters is 1. The Labute approximate surface area is 223 Å². The van der Waals surface area contributed by atoms with Gasteiger partial charge < -0.3 is 19.5 Å². The van der Waals surface area contributed by atoms with E-state index in [0.717, 1.165) is 0 Å². The second-order valence-electron chi connectivity index (χ2n) is 7.27. The third-order valence-electron chi connectivity index (χ3n) is 4.63. The number of nitrogens with one attached hydrogen (secondary N) is 2. The standard InChI is InChI=1S/C26H23Cl2N3O6/c1-3-35-19-9-6-17(7-10-19)26(34)37-22-12-5-16(13-23(22)36-4-2)15-29-31-25(33)24(32)30-18-8-11-20(27)21(28)14-18/h5-15H,3-4H2,1-2H3,(H,30,32)(H,31,33)/b29-15+. The van der Waals surface area contributed by atoms with Crippen molar-refractivity contribution in [2.75, 3.05) is 18.5 Å². The molecule has 3 aromatic carbocycles.